The second-order valence-electron chi connectivity index (χ2n) is 6.32. The van der Waals surface area contributed by atoms with Gasteiger partial charge in [0.15, 0.2) is 0 Å². The minimum absolute atomic E-state index is 0.0516. The maximum absolute atomic E-state index is 13.3. The number of halogens is 1. The van der Waals surface area contributed by atoms with Crippen LogP contribution < -0.4 is 20.1 Å². The predicted octanol–water partition coefficient (Wildman–Crippen LogP) is 1.89. The summed E-state index contributed by atoms with van der Waals surface area (Å²) in [7, 11) is -4.01. The standard InChI is InChI=1S/C18H20FN3O4S/c1-11-18(10-21-12(2)23)26-17-8-5-14(20)9-16(17)22(11)27(24,25)15-6-3-13(19)4-7-15/h3-9,11,18H,10,20H2,1-2H3,(H,21,23). The van der Waals surface area contributed by atoms with Gasteiger partial charge in [-0.15, -0.1) is 0 Å². The summed E-state index contributed by atoms with van der Waals surface area (Å²) >= 11 is 0. The van der Waals surface area contributed by atoms with Crippen LogP contribution in [0.3, 0.4) is 0 Å². The Morgan fingerprint density at radius 3 is 2.56 bits per heavy atom. The quantitative estimate of drug-likeness (QED) is 0.773. The normalized spacial score (nSPS) is 19.1. The van der Waals surface area contributed by atoms with Crippen LogP contribution in [0.5, 0.6) is 5.75 Å². The van der Waals surface area contributed by atoms with E-state index in [4.69, 9.17) is 10.5 Å². The van der Waals surface area contributed by atoms with E-state index in [1.807, 2.05) is 0 Å². The first-order valence-electron chi connectivity index (χ1n) is 8.31. The number of sulfonamides is 1. The summed E-state index contributed by atoms with van der Waals surface area (Å²) in [6.07, 6.45) is -0.611. The number of ether oxygens (including phenoxy) is 1. The van der Waals surface area contributed by atoms with Crippen LogP contribution in [0.25, 0.3) is 0 Å². The Balaban J connectivity index is 2.09. The van der Waals surface area contributed by atoms with Gasteiger partial charge >= 0.3 is 0 Å². The largest absolute Gasteiger partial charge is 0.484 e. The molecule has 0 aliphatic carbocycles. The number of nitrogen functional groups attached to an aromatic ring is 1. The summed E-state index contributed by atoms with van der Waals surface area (Å²) < 4.78 is 46.9. The first-order chi connectivity index (χ1) is 12.7. The van der Waals surface area contributed by atoms with Crippen molar-refractivity contribution in [2.75, 3.05) is 16.6 Å². The van der Waals surface area contributed by atoms with Gasteiger partial charge in [0.1, 0.15) is 17.7 Å². The maximum atomic E-state index is 13.3. The molecule has 0 bridgehead atoms. The van der Waals surface area contributed by atoms with E-state index >= 15 is 0 Å². The zero-order valence-corrected chi connectivity index (χ0v) is 15.7. The summed E-state index contributed by atoms with van der Waals surface area (Å²) in [6.45, 7) is 3.19. The second-order valence-corrected chi connectivity index (χ2v) is 8.13. The van der Waals surface area contributed by atoms with Crippen molar-refractivity contribution in [3.05, 3.63) is 48.3 Å². The average molecular weight is 393 g/mol. The van der Waals surface area contributed by atoms with E-state index in [0.29, 0.717) is 17.1 Å². The molecule has 7 nitrogen and oxygen atoms in total. The molecule has 0 saturated carbocycles. The van der Waals surface area contributed by atoms with E-state index in [9.17, 15) is 17.6 Å². The lowest BCUT2D eigenvalue weighted by molar-refractivity contribution is -0.119. The third kappa shape index (κ3) is 3.68. The van der Waals surface area contributed by atoms with Crippen molar-refractivity contribution in [2.24, 2.45) is 0 Å². The number of amides is 1. The zero-order valence-electron chi connectivity index (χ0n) is 14.8. The average Bonchev–Trinajstić information content (AvgIpc) is 2.60. The van der Waals surface area contributed by atoms with Gasteiger partial charge in [0.05, 0.1) is 23.2 Å². The van der Waals surface area contributed by atoms with E-state index in [1.165, 1.54) is 29.4 Å². The molecule has 1 heterocycles. The van der Waals surface area contributed by atoms with Crippen molar-refractivity contribution >= 4 is 27.3 Å². The molecule has 0 aromatic heterocycles. The number of carbonyl (C=O) groups is 1. The first kappa shape index (κ1) is 19.0. The number of hydrogen-bond donors (Lipinski definition) is 2. The smallest absolute Gasteiger partial charge is 0.264 e. The number of rotatable bonds is 4. The van der Waals surface area contributed by atoms with Crippen molar-refractivity contribution in [1.29, 1.82) is 0 Å². The third-order valence-corrected chi connectivity index (χ3v) is 6.24. The van der Waals surface area contributed by atoms with Gasteiger partial charge in [-0.2, -0.15) is 0 Å². The molecule has 2 aromatic carbocycles. The third-order valence-electron chi connectivity index (χ3n) is 4.33. The highest BCUT2D eigenvalue weighted by molar-refractivity contribution is 7.92. The Morgan fingerprint density at radius 1 is 1.26 bits per heavy atom. The monoisotopic (exact) mass is 393 g/mol. The summed E-state index contributed by atoms with van der Waals surface area (Å²) in [4.78, 5) is 11.2. The molecule has 3 N–H and O–H groups in total. The van der Waals surface area contributed by atoms with Crippen LogP contribution in [-0.4, -0.2) is 33.0 Å². The van der Waals surface area contributed by atoms with Gasteiger partial charge in [0.2, 0.25) is 5.91 Å². The molecule has 9 heteroatoms. The van der Waals surface area contributed by atoms with Crippen molar-refractivity contribution in [1.82, 2.24) is 5.32 Å². The molecule has 0 fully saturated rings. The molecule has 0 spiro atoms. The molecule has 2 atom stereocenters. The van der Waals surface area contributed by atoms with E-state index in [0.717, 1.165) is 12.1 Å². The number of anilines is 2. The molecule has 27 heavy (non-hydrogen) atoms. The predicted molar refractivity (Wildman–Crippen MR) is 99.5 cm³/mol. The number of nitrogens with zero attached hydrogens (tertiary/aromatic N) is 1. The highest BCUT2D eigenvalue weighted by Crippen LogP contribution is 2.40. The van der Waals surface area contributed by atoms with Gasteiger partial charge in [-0.05, 0) is 49.4 Å². The summed E-state index contributed by atoms with van der Waals surface area (Å²) in [5.74, 6) is -0.442. The second kappa shape index (κ2) is 7.07. The van der Waals surface area contributed by atoms with Crippen LogP contribution in [0.1, 0.15) is 13.8 Å². The molecule has 2 aromatic rings. The van der Waals surface area contributed by atoms with Crippen LogP contribution in [-0.2, 0) is 14.8 Å². The number of carbonyl (C=O) groups excluding carboxylic acids is 1. The summed E-state index contributed by atoms with van der Waals surface area (Å²) in [6, 6.07) is 8.67. The van der Waals surface area contributed by atoms with Crippen molar-refractivity contribution in [2.45, 2.75) is 30.9 Å². The minimum atomic E-state index is -4.01. The van der Waals surface area contributed by atoms with E-state index in [2.05, 4.69) is 5.32 Å². The fourth-order valence-corrected chi connectivity index (χ4v) is 4.65. The maximum Gasteiger partial charge on any atom is 0.264 e. The molecule has 3 rings (SSSR count). The molecule has 1 aliphatic rings. The molecule has 144 valence electrons. The van der Waals surface area contributed by atoms with Crippen LogP contribution in [0, 0.1) is 5.82 Å². The molecule has 1 aliphatic heterocycles. The van der Waals surface area contributed by atoms with Gasteiger partial charge in [-0.1, -0.05) is 0 Å². The number of fused-ring (bicyclic) bond motifs is 1. The summed E-state index contributed by atoms with van der Waals surface area (Å²) in [5, 5.41) is 2.65. The van der Waals surface area contributed by atoms with Crippen molar-refractivity contribution in [3.8, 4) is 5.75 Å². The SMILES string of the molecule is CC(=O)NCC1Oc2ccc(N)cc2N(S(=O)(=O)c2ccc(F)cc2)C1C. The van der Waals surface area contributed by atoms with Crippen LogP contribution in [0.15, 0.2) is 47.4 Å². The van der Waals surface area contributed by atoms with Gasteiger partial charge < -0.3 is 15.8 Å². The fourth-order valence-electron chi connectivity index (χ4n) is 2.96. The Labute approximate surface area is 157 Å². The summed E-state index contributed by atoms with van der Waals surface area (Å²) in [5.41, 5.74) is 6.52. The lowest BCUT2D eigenvalue weighted by Gasteiger charge is -2.41. The van der Waals surface area contributed by atoms with Crippen LogP contribution in [0.2, 0.25) is 0 Å². The van der Waals surface area contributed by atoms with E-state index < -0.39 is 28.0 Å². The van der Waals surface area contributed by atoms with Gasteiger partial charge in [0.25, 0.3) is 10.0 Å². The van der Waals surface area contributed by atoms with E-state index in [1.54, 1.807) is 19.1 Å². The first-order valence-corrected chi connectivity index (χ1v) is 9.75. The molecule has 1 amide bonds. The minimum Gasteiger partial charge on any atom is -0.484 e. The molecule has 0 saturated heterocycles. The highest BCUT2D eigenvalue weighted by atomic mass is 32.2. The van der Waals surface area contributed by atoms with Crippen molar-refractivity contribution in [3.63, 3.8) is 0 Å². The van der Waals surface area contributed by atoms with E-state index in [-0.39, 0.29) is 17.3 Å². The van der Waals surface area contributed by atoms with Gasteiger partial charge in [0, 0.05) is 12.6 Å². The molecule has 0 radical (unpaired) electrons. The Bertz CT molecular complexity index is 963. The molecule has 2 unspecified atom stereocenters. The molecular formula is C18H20FN3O4S. The lowest BCUT2D eigenvalue weighted by Crippen LogP contribution is -2.54. The lowest BCUT2D eigenvalue weighted by atomic mass is 10.1. The van der Waals surface area contributed by atoms with Gasteiger partial charge in [-0.3, -0.25) is 9.10 Å². The van der Waals surface area contributed by atoms with Crippen molar-refractivity contribution < 1.29 is 22.3 Å². The molecular weight excluding hydrogens is 373 g/mol. The van der Waals surface area contributed by atoms with Gasteiger partial charge in [-0.25, -0.2) is 12.8 Å². The Hall–Kier alpha value is -2.81. The fraction of sp³-hybridized carbons (Fsp3) is 0.278. The highest BCUT2D eigenvalue weighted by Gasteiger charge is 2.40. The van der Waals surface area contributed by atoms with Crippen LogP contribution >= 0.6 is 0 Å². The zero-order chi connectivity index (χ0) is 19.8. The number of hydrogen-bond acceptors (Lipinski definition) is 5. The number of nitrogens with one attached hydrogen (secondary N) is 1. The Morgan fingerprint density at radius 2 is 1.93 bits per heavy atom. The number of nitrogens with two attached hydrogens (primary N) is 1. The topological polar surface area (TPSA) is 102 Å². The number of benzene rings is 2. The van der Waals surface area contributed by atoms with Crippen LogP contribution in [0.4, 0.5) is 15.8 Å². The Kier molecular flexibility index (Phi) is 4.97.